The first-order valence-corrected chi connectivity index (χ1v) is 5.37. The summed E-state index contributed by atoms with van der Waals surface area (Å²) in [5.41, 5.74) is 7.68. The number of halogens is 1. The van der Waals surface area contributed by atoms with Gasteiger partial charge in [-0.05, 0) is 13.8 Å². The van der Waals surface area contributed by atoms with E-state index in [9.17, 15) is 0 Å². The second-order valence-corrected chi connectivity index (χ2v) is 4.23. The normalized spacial score (nSPS) is 13.0. The Morgan fingerprint density at radius 1 is 1.50 bits per heavy atom. The topological polar surface area (TPSA) is 61.7 Å². The third kappa shape index (κ3) is 1.67. The van der Waals surface area contributed by atoms with Crippen LogP contribution in [0.4, 0.5) is 5.82 Å². The van der Waals surface area contributed by atoms with E-state index in [1.165, 1.54) is 0 Å². The highest BCUT2D eigenvalue weighted by molar-refractivity contribution is 6.33. The van der Waals surface area contributed by atoms with Crippen molar-refractivity contribution in [1.29, 1.82) is 0 Å². The van der Waals surface area contributed by atoms with Crippen molar-refractivity contribution in [1.82, 2.24) is 19.6 Å². The third-order valence-corrected chi connectivity index (χ3v) is 3.09. The highest BCUT2D eigenvalue weighted by Gasteiger charge is 2.17. The minimum absolute atomic E-state index is 0.0277. The number of rotatable bonds is 2. The maximum Gasteiger partial charge on any atom is 0.141 e. The van der Waals surface area contributed by atoms with Gasteiger partial charge in [-0.15, -0.1) is 0 Å². The van der Waals surface area contributed by atoms with Crippen LogP contribution in [0.2, 0.25) is 5.02 Å². The van der Waals surface area contributed by atoms with Crippen molar-refractivity contribution in [2.75, 3.05) is 5.73 Å². The lowest BCUT2D eigenvalue weighted by atomic mass is 10.2. The molecule has 0 amide bonds. The zero-order chi connectivity index (χ0) is 11.9. The van der Waals surface area contributed by atoms with Gasteiger partial charge in [-0.3, -0.25) is 4.68 Å². The largest absolute Gasteiger partial charge is 0.383 e. The number of anilines is 1. The minimum atomic E-state index is 0.0277. The number of hydrogen-bond acceptors (Lipinski definition) is 3. The molecule has 0 aliphatic carbocycles. The van der Waals surface area contributed by atoms with Gasteiger partial charge in [0.05, 0.1) is 17.9 Å². The molecule has 5 nitrogen and oxygen atoms in total. The summed E-state index contributed by atoms with van der Waals surface area (Å²) in [7, 11) is 1.88. The smallest absolute Gasteiger partial charge is 0.141 e. The molecule has 0 radical (unpaired) electrons. The second-order valence-electron chi connectivity index (χ2n) is 3.85. The first-order valence-electron chi connectivity index (χ1n) is 4.99. The van der Waals surface area contributed by atoms with Crippen molar-refractivity contribution >= 4 is 17.4 Å². The summed E-state index contributed by atoms with van der Waals surface area (Å²) in [6, 6.07) is 0.0277. The van der Waals surface area contributed by atoms with E-state index in [1.54, 1.807) is 15.6 Å². The molecule has 16 heavy (non-hydrogen) atoms. The summed E-state index contributed by atoms with van der Waals surface area (Å²) >= 11 is 6.01. The van der Waals surface area contributed by atoms with E-state index in [1.807, 2.05) is 27.1 Å². The zero-order valence-corrected chi connectivity index (χ0v) is 10.2. The molecule has 0 aromatic carbocycles. The molecule has 1 atom stereocenters. The van der Waals surface area contributed by atoms with Crippen molar-refractivity contribution in [2.45, 2.75) is 19.9 Å². The molecule has 0 bridgehead atoms. The number of nitrogens with zero attached hydrogens (tertiary/aromatic N) is 4. The van der Waals surface area contributed by atoms with E-state index in [4.69, 9.17) is 17.3 Å². The molecule has 86 valence electrons. The van der Waals surface area contributed by atoms with E-state index in [0.29, 0.717) is 10.8 Å². The summed E-state index contributed by atoms with van der Waals surface area (Å²) in [5, 5.41) is 8.97. The van der Waals surface area contributed by atoms with Crippen LogP contribution in [0.3, 0.4) is 0 Å². The van der Waals surface area contributed by atoms with Gasteiger partial charge in [0.25, 0.3) is 0 Å². The summed E-state index contributed by atoms with van der Waals surface area (Å²) < 4.78 is 3.47. The molecule has 0 aliphatic rings. The van der Waals surface area contributed by atoms with Crippen LogP contribution in [-0.2, 0) is 7.05 Å². The average Bonchev–Trinajstić information content (AvgIpc) is 2.78. The number of nitrogens with two attached hydrogens (primary N) is 1. The quantitative estimate of drug-likeness (QED) is 0.869. The van der Waals surface area contributed by atoms with Gasteiger partial charge in [0.1, 0.15) is 10.8 Å². The van der Waals surface area contributed by atoms with E-state index in [2.05, 4.69) is 10.2 Å². The highest BCUT2D eigenvalue weighted by Crippen LogP contribution is 2.27. The van der Waals surface area contributed by atoms with E-state index in [-0.39, 0.29) is 6.04 Å². The molecule has 2 rings (SSSR count). The Labute approximate surface area is 98.8 Å². The monoisotopic (exact) mass is 239 g/mol. The van der Waals surface area contributed by atoms with Gasteiger partial charge >= 0.3 is 0 Å². The maximum absolute atomic E-state index is 6.01. The van der Waals surface area contributed by atoms with Crippen LogP contribution in [0.5, 0.6) is 0 Å². The Hall–Kier alpha value is -1.49. The zero-order valence-electron chi connectivity index (χ0n) is 9.48. The lowest BCUT2D eigenvalue weighted by molar-refractivity contribution is 0.568. The highest BCUT2D eigenvalue weighted by atomic mass is 35.5. The molecule has 0 saturated heterocycles. The molecule has 0 fully saturated rings. The van der Waals surface area contributed by atoms with Crippen molar-refractivity contribution in [3.63, 3.8) is 0 Å². The molecular formula is C10H14ClN5. The SMILES string of the molecule is Cc1nn(C(C)c2cnn(C)c2)c(N)c1Cl. The molecule has 0 spiro atoms. The fraction of sp³-hybridized carbons (Fsp3) is 0.400. The van der Waals surface area contributed by atoms with Crippen LogP contribution in [0.15, 0.2) is 12.4 Å². The average molecular weight is 240 g/mol. The Kier molecular flexibility index (Phi) is 2.63. The first-order chi connectivity index (χ1) is 7.50. The fourth-order valence-electron chi connectivity index (χ4n) is 1.64. The van der Waals surface area contributed by atoms with Gasteiger partial charge in [-0.1, -0.05) is 11.6 Å². The number of nitrogen functional groups attached to an aromatic ring is 1. The van der Waals surface area contributed by atoms with Crippen LogP contribution in [0.25, 0.3) is 0 Å². The Morgan fingerprint density at radius 3 is 2.62 bits per heavy atom. The van der Waals surface area contributed by atoms with Crippen LogP contribution in [-0.4, -0.2) is 19.6 Å². The number of aromatic nitrogens is 4. The van der Waals surface area contributed by atoms with Crippen LogP contribution in [0.1, 0.15) is 24.2 Å². The molecule has 2 heterocycles. The van der Waals surface area contributed by atoms with Crippen molar-refractivity contribution in [2.24, 2.45) is 7.05 Å². The standard InChI is InChI=1S/C10H14ClN5/c1-6-9(11)10(12)16(14-6)7(2)8-4-13-15(3)5-8/h4-5,7H,12H2,1-3H3. The molecule has 2 aromatic heterocycles. The first kappa shape index (κ1) is 11.0. The van der Waals surface area contributed by atoms with Gasteiger partial charge in [0, 0.05) is 18.8 Å². The molecule has 1 unspecified atom stereocenters. The van der Waals surface area contributed by atoms with Gasteiger partial charge < -0.3 is 5.73 Å². The Bertz CT molecular complexity index is 513. The Morgan fingerprint density at radius 2 is 2.19 bits per heavy atom. The predicted octanol–water partition coefficient (Wildman–Crippen LogP) is 1.77. The summed E-state index contributed by atoms with van der Waals surface area (Å²) in [4.78, 5) is 0. The van der Waals surface area contributed by atoms with Gasteiger partial charge in [0.15, 0.2) is 0 Å². The summed E-state index contributed by atoms with van der Waals surface area (Å²) in [5.74, 6) is 0.496. The van der Waals surface area contributed by atoms with Crippen molar-refractivity contribution in [3.05, 3.63) is 28.7 Å². The number of hydrogen-bond donors (Lipinski definition) is 1. The minimum Gasteiger partial charge on any atom is -0.383 e. The van der Waals surface area contributed by atoms with Crippen LogP contribution in [0, 0.1) is 6.92 Å². The maximum atomic E-state index is 6.01. The van der Waals surface area contributed by atoms with E-state index < -0.39 is 0 Å². The van der Waals surface area contributed by atoms with Gasteiger partial charge in [-0.25, -0.2) is 4.68 Å². The molecule has 6 heteroatoms. The van der Waals surface area contributed by atoms with Gasteiger partial charge in [-0.2, -0.15) is 10.2 Å². The molecule has 2 N–H and O–H groups in total. The summed E-state index contributed by atoms with van der Waals surface area (Å²) in [6.45, 7) is 3.85. The fourth-order valence-corrected chi connectivity index (χ4v) is 1.76. The molecule has 0 aliphatic heterocycles. The Balaban J connectivity index is 2.41. The van der Waals surface area contributed by atoms with Gasteiger partial charge in [0.2, 0.25) is 0 Å². The lowest BCUT2D eigenvalue weighted by Gasteiger charge is -2.11. The molecule has 0 saturated carbocycles. The number of aryl methyl sites for hydroxylation is 2. The van der Waals surface area contributed by atoms with E-state index in [0.717, 1.165) is 11.3 Å². The van der Waals surface area contributed by atoms with Crippen LogP contribution < -0.4 is 5.73 Å². The molecular weight excluding hydrogens is 226 g/mol. The van der Waals surface area contributed by atoms with Crippen molar-refractivity contribution < 1.29 is 0 Å². The van der Waals surface area contributed by atoms with Crippen LogP contribution >= 0.6 is 11.6 Å². The summed E-state index contributed by atoms with van der Waals surface area (Å²) in [6.07, 6.45) is 3.74. The predicted molar refractivity (Wildman–Crippen MR) is 63.4 cm³/mol. The second kappa shape index (κ2) is 3.83. The molecule has 2 aromatic rings. The third-order valence-electron chi connectivity index (χ3n) is 2.62. The lowest BCUT2D eigenvalue weighted by Crippen LogP contribution is -2.11. The van der Waals surface area contributed by atoms with Crippen molar-refractivity contribution in [3.8, 4) is 0 Å². The van der Waals surface area contributed by atoms with E-state index >= 15 is 0 Å².